The number of hydrogen-bond acceptors (Lipinski definition) is 6. The van der Waals surface area contributed by atoms with E-state index in [4.69, 9.17) is 34.7 Å². The lowest BCUT2D eigenvalue weighted by molar-refractivity contribution is 0.122. The molecule has 132 valence electrons. The first-order valence-corrected chi connectivity index (χ1v) is 9.81. The number of benzene rings is 1. The van der Waals surface area contributed by atoms with Crippen LogP contribution in [0, 0.1) is 5.41 Å². The Hall–Kier alpha value is -1.21. The van der Waals surface area contributed by atoms with E-state index >= 15 is 0 Å². The number of hydrogen-bond donors (Lipinski definition) is 2. The van der Waals surface area contributed by atoms with Crippen molar-refractivity contribution in [1.82, 2.24) is 9.97 Å². The number of aromatic nitrogens is 2. The zero-order valence-corrected chi connectivity index (χ0v) is 15.9. The lowest BCUT2D eigenvalue weighted by atomic mass is 9.64. The van der Waals surface area contributed by atoms with E-state index in [2.05, 4.69) is 14.9 Å². The highest BCUT2D eigenvalue weighted by Gasteiger charge is 2.49. The number of nitrogens with two attached hydrogens (primary N) is 2. The average Bonchev–Trinajstić information content (AvgIpc) is 3.07. The van der Waals surface area contributed by atoms with Gasteiger partial charge in [-0.05, 0) is 31.4 Å². The van der Waals surface area contributed by atoms with E-state index in [1.165, 1.54) is 18.2 Å². The highest BCUT2D eigenvalue weighted by atomic mass is 35.5. The molecule has 1 aromatic heterocycles. The number of halogens is 2. The Morgan fingerprint density at radius 1 is 1.28 bits per heavy atom. The van der Waals surface area contributed by atoms with Crippen molar-refractivity contribution in [3.05, 3.63) is 34.4 Å². The summed E-state index contributed by atoms with van der Waals surface area (Å²) in [5.74, 6) is 1.22. The van der Waals surface area contributed by atoms with Gasteiger partial charge in [-0.15, -0.1) is 0 Å². The molecule has 1 unspecified atom stereocenters. The van der Waals surface area contributed by atoms with Crippen molar-refractivity contribution >= 4 is 46.6 Å². The van der Waals surface area contributed by atoms with Crippen LogP contribution in [0.1, 0.15) is 19.3 Å². The van der Waals surface area contributed by atoms with Gasteiger partial charge in [-0.25, -0.2) is 9.97 Å². The summed E-state index contributed by atoms with van der Waals surface area (Å²) in [6, 6.07) is 5.79. The first kappa shape index (κ1) is 17.2. The highest BCUT2D eigenvalue weighted by molar-refractivity contribution is 7.99. The summed E-state index contributed by atoms with van der Waals surface area (Å²) in [5, 5.41) is 1.64. The van der Waals surface area contributed by atoms with Crippen LogP contribution in [-0.2, 0) is 0 Å². The average molecular weight is 396 g/mol. The minimum atomic E-state index is 0.262. The van der Waals surface area contributed by atoms with Crippen LogP contribution >= 0.6 is 35.0 Å². The van der Waals surface area contributed by atoms with Crippen molar-refractivity contribution in [2.75, 3.05) is 23.7 Å². The Labute approximate surface area is 161 Å². The second-order valence-electron chi connectivity index (χ2n) is 6.75. The molecule has 2 heterocycles. The lowest BCUT2D eigenvalue weighted by Crippen LogP contribution is -2.52. The molecule has 2 fully saturated rings. The summed E-state index contributed by atoms with van der Waals surface area (Å²) in [6.45, 7) is 1.89. The van der Waals surface area contributed by atoms with Gasteiger partial charge in [0.15, 0.2) is 5.82 Å². The number of anilines is 2. The van der Waals surface area contributed by atoms with Gasteiger partial charge in [0, 0.05) is 29.4 Å². The second kappa shape index (κ2) is 6.50. The van der Waals surface area contributed by atoms with Gasteiger partial charge in [-0.2, -0.15) is 0 Å². The van der Waals surface area contributed by atoms with Gasteiger partial charge in [0.2, 0.25) is 0 Å². The Balaban J connectivity index is 1.52. The predicted molar refractivity (Wildman–Crippen MR) is 104 cm³/mol. The Bertz CT molecular complexity index is 818. The molecule has 2 aliphatic rings. The molecule has 0 radical (unpaired) electrons. The van der Waals surface area contributed by atoms with Crippen LogP contribution in [0.4, 0.5) is 11.6 Å². The third-order valence-corrected chi connectivity index (χ3v) is 7.32. The number of rotatable bonds is 3. The van der Waals surface area contributed by atoms with Crippen LogP contribution in [0.15, 0.2) is 34.3 Å². The normalized spacial score (nSPS) is 25.4. The fourth-order valence-corrected chi connectivity index (χ4v) is 4.88. The molecule has 1 saturated carbocycles. The predicted octanol–water partition coefficient (Wildman–Crippen LogP) is 3.83. The molecule has 25 heavy (non-hydrogen) atoms. The topological polar surface area (TPSA) is 81.1 Å². The van der Waals surface area contributed by atoms with Crippen molar-refractivity contribution in [3.63, 3.8) is 0 Å². The van der Waals surface area contributed by atoms with E-state index in [-0.39, 0.29) is 5.41 Å². The van der Waals surface area contributed by atoms with Crippen molar-refractivity contribution in [2.24, 2.45) is 11.1 Å². The van der Waals surface area contributed by atoms with Crippen LogP contribution < -0.4 is 16.4 Å². The molecule has 5 nitrogen and oxygen atoms in total. The monoisotopic (exact) mass is 395 g/mol. The first-order valence-electron chi connectivity index (χ1n) is 8.23. The molecule has 1 saturated heterocycles. The summed E-state index contributed by atoms with van der Waals surface area (Å²) in [5.41, 5.74) is 12.6. The van der Waals surface area contributed by atoms with E-state index in [1.54, 1.807) is 12.3 Å². The molecular weight excluding hydrogens is 377 g/mol. The zero-order chi connectivity index (χ0) is 17.6. The summed E-state index contributed by atoms with van der Waals surface area (Å²) in [7, 11) is 0. The zero-order valence-electron chi connectivity index (χ0n) is 13.6. The molecule has 2 atom stereocenters. The van der Waals surface area contributed by atoms with Crippen molar-refractivity contribution in [1.29, 1.82) is 0 Å². The largest absolute Gasteiger partial charge is 0.381 e. The molecular formula is C17H19Cl2N5S. The molecule has 2 aromatic rings. The minimum absolute atomic E-state index is 0.262. The van der Waals surface area contributed by atoms with Crippen molar-refractivity contribution < 1.29 is 0 Å². The van der Waals surface area contributed by atoms with Crippen molar-refractivity contribution in [3.8, 4) is 0 Å². The summed E-state index contributed by atoms with van der Waals surface area (Å²) < 4.78 is 0. The van der Waals surface area contributed by atoms with Gasteiger partial charge in [0.05, 0.1) is 16.2 Å². The summed E-state index contributed by atoms with van der Waals surface area (Å²) in [4.78, 5) is 12.1. The van der Waals surface area contributed by atoms with Gasteiger partial charge >= 0.3 is 0 Å². The number of nitrogen functional groups attached to an aromatic ring is 1. The Morgan fingerprint density at radius 2 is 2.12 bits per heavy atom. The highest BCUT2D eigenvalue weighted by Crippen LogP contribution is 2.48. The third kappa shape index (κ3) is 3.05. The van der Waals surface area contributed by atoms with E-state index in [1.807, 2.05) is 12.1 Å². The Kier molecular flexibility index (Phi) is 4.48. The maximum Gasteiger partial charge on any atom is 0.158 e. The van der Waals surface area contributed by atoms with Crippen LogP contribution in [0.3, 0.4) is 0 Å². The van der Waals surface area contributed by atoms with Crippen molar-refractivity contribution in [2.45, 2.75) is 35.2 Å². The quantitative estimate of drug-likeness (QED) is 0.821. The van der Waals surface area contributed by atoms with Gasteiger partial charge in [0.25, 0.3) is 0 Å². The molecule has 1 aliphatic carbocycles. The molecule has 4 rings (SSSR count). The van der Waals surface area contributed by atoms with E-state index < -0.39 is 0 Å². The Morgan fingerprint density at radius 3 is 2.76 bits per heavy atom. The lowest BCUT2D eigenvalue weighted by Gasteiger charge is -2.44. The first-order chi connectivity index (χ1) is 12.0. The SMILES string of the molecule is Nc1nc(N2CC[C@]3(CCC3N)C2)cnc1Sc1cccc(Cl)c1Cl. The maximum atomic E-state index is 6.24. The molecule has 1 spiro atoms. The molecule has 1 aliphatic heterocycles. The molecule has 0 bridgehead atoms. The van der Waals surface area contributed by atoms with E-state index in [0.717, 1.165) is 36.6 Å². The van der Waals surface area contributed by atoms with Gasteiger partial charge in [-0.1, -0.05) is 41.0 Å². The van der Waals surface area contributed by atoms with E-state index in [0.29, 0.717) is 26.9 Å². The minimum Gasteiger partial charge on any atom is -0.381 e. The fourth-order valence-electron chi connectivity index (χ4n) is 3.60. The van der Waals surface area contributed by atoms with Crippen LogP contribution in [-0.4, -0.2) is 29.1 Å². The summed E-state index contributed by atoms with van der Waals surface area (Å²) >= 11 is 13.7. The smallest absolute Gasteiger partial charge is 0.158 e. The third-order valence-electron chi connectivity index (χ3n) is 5.32. The molecule has 8 heteroatoms. The standard InChI is InChI=1S/C17H19Cl2N5S/c18-10-2-1-3-11(14(10)19)25-16-15(21)23-13(8-22-16)24-7-6-17(9-24)5-4-12(17)20/h1-3,8,12H,4-7,9,20H2,(H2,21,23)/t12?,17-/m1/s1. The number of nitrogens with zero attached hydrogens (tertiary/aromatic N) is 3. The van der Waals surface area contributed by atoms with Crippen LogP contribution in [0.2, 0.25) is 10.0 Å². The van der Waals surface area contributed by atoms with Gasteiger partial charge < -0.3 is 16.4 Å². The summed E-state index contributed by atoms with van der Waals surface area (Å²) in [6.07, 6.45) is 5.22. The molecule has 1 aromatic carbocycles. The fraction of sp³-hybridized carbons (Fsp3) is 0.412. The second-order valence-corrected chi connectivity index (χ2v) is 8.57. The van der Waals surface area contributed by atoms with Gasteiger partial charge in [-0.3, -0.25) is 0 Å². The molecule has 4 N–H and O–H groups in total. The maximum absolute atomic E-state index is 6.24. The van der Waals surface area contributed by atoms with E-state index in [9.17, 15) is 0 Å². The van der Waals surface area contributed by atoms with Crippen LogP contribution in [0.25, 0.3) is 0 Å². The van der Waals surface area contributed by atoms with Crippen LogP contribution in [0.5, 0.6) is 0 Å². The van der Waals surface area contributed by atoms with Gasteiger partial charge in [0.1, 0.15) is 10.8 Å². The molecule has 0 amide bonds.